The molecule has 1 aliphatic heterocycles. The van der Waals surface area contributed by atoms with Crippen LogP contribution < -0.4 is 14.9 Å². The largest absolute Gasteiger partial charge is 0.336 e. The molecule has 1 aromatic rings. The van der Waals surface area contributed by atoms with Crippen LogP contribution in [0.3, 0.4) is 0 Å². The molecule has 0 bridgehead atoms. The van der Waals surface area contributed by atoms with Crippen LogP contribution in [0.5, 0.6) is 0 Å². The van der Waals surface area contributed by atoms with E-state index in [4.69, 9.17) is 11.6 Å². The van der Waals surface area contributed by atoms with Crippen molar-refractivity contribution in [1.29, 1.82) is 0 Å². The summed E-state index contributed by atoms with van der Waals surface area (Å²) in [6, 6.07) is 6.60. The first-order chi connectivity index (χ1) is 9.91. The smallest absolute Gasteiger partial charge is 0.321 e. The van der Waals surface area contributed by atoms with E-state index in [-0.39, 0.29) is 23.6 Å². The molecular weight excluding hydrogens is 314 g/mol. The van der Waals surface area contributed by atoms with Crippen molar-refractivity contribution in [3.8, 4) is 0 Å². The maximum atomic E-state index is 12.0. The number of carbonyl (C=O) groups excluding carboxylic acids is 1. The highest BCUT2D eigenvalue weighted by molar-refractivity contribution is 7.92. The first kappa shape index (κ1) is 15.9. The fourth-order valence-electron chi connectivity index (χ4n) is 2.10. The molecule has 21 heavy (non-hydrogen) atoms. The summed E-state index contributed by atoms with van der Waals surface area (Å²) < 4.78 is 26.5. The maximum Gasteiger partial charge on any atom is 0.321 e. The number of urea groups is 1. The van der Waals surface area contributed by atoms with E-state index in [1.165, 1.54) is 0 Å². The third-order valence-corrected chi connectivity index (χ3v) is 5.14. The number of halogens is 1. The lowest BCUT2D eigenvalue weighted by molar-refractivity contribution is 0.252. The molecule has 0 saturated carbocycles. The Morgan fingerprint density at radius 2 is 2.24 bits per heavy atom. The quantitative estimate of drug-likeness (QED) is 0.781. The van der Waals surface area contributed by atoms with Crippen molar-refractivity contribution in [2.45, 2.75) is 6.92 Å². The summed E-state index contributed by atoms with van der Waals surface area (Å²) in [7, 11) is -3.45. The van der Waals surface area contributed by atoms with Crippen LogP contribution in [0.1, 0.15) is 6.92 Å². The number of nitrogens with zero attached hydrogens (tertiary/aromatic N) is 1. The third-order valence-electron chi connectivity index (χ3n) is 3.06. The molecule has 1 unspecified atom stereocenters. The summed E-state index contributed by atoms with van der Waals surface area (Å²) in [4.78, 5) is 13.2. The Hall–Kier alpha value is -1.47. The fraction of sp³-hybridized carbons (Fsp3) is 0.462. The van der Waals surface area contributed by atoms with Gasteiger partial charge in [-0.15, -0.1) is 11.6 Å². The number of rotatable bonds is 6. The maximum absolute atomic E-state index is 12.0. The van der Waals surface area contributed by atoms with Gasteiger partial charge in [-0.25, -0.2) is 13.2 Å². The number of hydrogen-bond acceptors (Lipinski definition) is 3. The van der Waals surface area contributed by atoms with E-state index in [9.17, 15) is 13.2 Å². The van der Waals surface area contributed by atoms with Gasteiger partial charge in [-0.05, 0) is 24.1 Å². The molecule has 6 nitrogen and oxygen atoms in total. The Bertz CT molecular complexity index is 621. The Kier molecular flexibility index (Phi) is 4.95. The molecule has 1 atom stereocenters. The first-order valence-corrected chi connectivity index (χ1v) is 8.82. The highest BCUT2D eigenvalue weighted by atomic mass is 35.5. The minimum Gasteiger partial charge on any atom is -0.336 e. The van der Waals surface area contributed by atoms with Gasteiger partial charge in [0.15, 0.2) is 0 Å². The number of benzene rings is 1. The van der Waals surface area contributed by atoms with E-state index in [0.29, 0.717) is 24.5 Å². The summed E-state index contributed by atoms with van der Waals surface area (Å²) in [5.74, 6) is 0.122. The topological polar surface area (TPSA) is 78.5 Å². The highest BCUT2D eigenvalue weighted by Gasteiger charge is 2.22. The van der Waals surface area contributed by atoms with Crippen LogP contribution >= 0.6 is 11.6 Å². The molecule has 8 heteroatoms. The van der Waals surface area contributed by atoms with Crippen molar-refractivity contribution in [1.82, 2.24) is 5.32 Å². The van der Waals surface area contributed by atoms with Gasteiger partial charge >= 0.3 is 6.03 Å². The Morgan fingerprint density at radius 1 is 1.48 bits per heavy atom. The number of carbonyl (C=O) groups is 1. The minimum absolute atomic E-state index is 0.0368. The number of anilines is 2. The van der Waals surface area contributed by atoms with Gasteiger partial charge < -0.3 is 5.32 Å². The summed E-state index contributed by atoms with van der Waals surface area (Å²) >= 11 is 5.65. The van der Waals surface area contributed by atoms with Crippen molar-refractivity contribution in [3.05, 3.63) is 24.3 Å². The van der Waals surface area contributed by atoms with Crippen LogP contribution in [0.4, 0.5) is 16.2 Å². The molecule has 1 aliphatic rings. The molecule has 0 aromatic heterocycles. The van der Waals surface area contributed by atoms with E-state index in [0.717, 1.165) is 0 Å². The van der Waals surface area contributed by atoms with Gasteiger partial charge in [0, 0.05) is 24.7 Å². The van der Waals surface area contributed by atoms with Crippen molar-refractivity contribution in [3.63, 3.8) is 0 Å². The molecular formula is C13H18ClN3O3S. The SMILES string of the molecule is CC(CCl)CS(=O)(=O)Nc1cccc(N2CCNC2=O)c1. The second-order valence-electron chi connectivity index (χ2n) is 5.08. The Labute approximate surface area is 129 Å². The number of hydrogen-bond donors (Lipinski definition) is 2. The lowest BCUT2D eigenvalue weighted by Gasteiger charge is -2.16. The standard InChI is InChI=1S/C13H18ClN3O3S/c1-10(8-14)9-21(19,20)16-11-3-2-4-12(7-11)17-6-5-15-13(17)18/h2-4,7,10,16H,5-6,8-9H2,1H3,(H,15,18). The molecule has 2 rings (SSSR count). The molecule has 1 heterocycles. The second kappa shape index (κ2) is 6.53. The van der Waals surface area contributed by atoms with Crippen LogP contribution in [-0.2, 0) is 10.0 Å². The van der Waals surface area contributed by atoms with Crippen molar-refractivity contribution in [2.24, 2.45) is 5.92 Å². The molecule has 1 fully saturated rings. The lowest BCUT2D eigenvalue weighted by Crippen LogP contribution is -2.27. The third kappa shape index (κ3) is 4.25. The molecule has 0 radical (unpaired) electrons. The predicted octanol–water partition coefficient (Wildman–Crippen LogP) is 1.83. The zero-order valence-electron chi connectivity index (χ0n) is 11.7. The lowest BCUT2D eigenvalue weighted by atomic mass is 10.2. The number of amides is 2. The molecule has 116 valence electrons. The van der Waals surface area contributed by atoms with Gasteiger partial charge in [0.1, 0.15) is 0 Å². The highest BCUT2D eigenvalue weighted by Crippen LogP contribution is 2.22. The van der Waals surface area contributed by atoms with Gasteiger partial charge in [0.05, 0.1) is 11.4 Å². The molecule has 1 aromatic carbocycles. The molecule has 0 spiro atoms. The Morgan fingerprint density at radius 3 is 2.86 bits per heavy atom. The predicted molar refractivity (Wildman–Crippen MR) is 84.5 cm³/mol. The normalized spacial score (nSPS) is 16.7. The van der Waals surface area contributed by atoms with E-state index < -0.39 is 10.0 Å². The van der Waals surface area contributed by atoms with Crippen LogP contribution in [0.15, 0.2) is 24.3 Å². The van der Waals surface area contributed by atoms with Crippen molar-refractivity contribution in [2.75, 3.05) is 34.3 Å². The van der Waals surface area contributed by atoms with Gasteiger partial charge in [0.25, 0.3) is 0 Å². The average Bonchev–Trinajstić information content (AvgIpc) is 2.84. The van der Waals surface area contributed by atoms with E-state index >= 15 is 0 Å². The summed E-state index contributed by atoms with van der Waals surface area (Å²) in [5.41, 5.74) is 1.10. The fourth-order valence-corrected chi connectivity index (χ4v) is 3.77. The van der Waals surface area contributed by atoms with E-state index in [1.54, 1.807) is 36.1 Å². The van der Waals surface area contributed by atoms with Gasteiger partial charge in [-0.1, -0.05) is 13.0 Å². The van der Waals surface area contributed by atoms with E-state index in [1.807, 2.05) is 0 Å². The number of nitrogens with one attached hydrogen (secondary N) is 2. The van der Waals surface area contributed by atoms with Crippen molar-refractivity contribution < 1.29 is 13.2 Å². The second-order valence-corrected chi connectivity index (χ2v) is 7.15. The van der Waals surface area contributed by atoms with Crippen LogP contribution in [0, 0.1) is 5.92 Å². The summed E-state index contributed by atoms with van der Waals surface area (Å²) in [6.45, 7) is 2.93. The van der Waals surface area contributed by atoms with Gasteiger partial charge in [-0.2, -0.15) is 0 Å². The van der Waals surface area contributed by atoms with E-state index in [2.05, 4.69) is 10.0 Å². The average molecular weight is 332 g/mol. The van der Waals surface area contributed by atoms with Gasteiger partial charge in [0.2, 0.25) is 10.0 Å². The van der Waals surface area contributed by atoms with Crippen LogP contribution in [-0.4, -0.2) is 39.2 Å². The summed E-state index contributed by atoms with van der Waals surface area (Å²) in [6.07, 6.45) is 0. The molecule has 1 saturated heterocycles. The van der Waals surface area contributed by atoms with Crippen molar-refractivity contribution >= 4 is 39.0 Å². The zero-order valence-corrected chi connectivity index (χ0v) is 13.2. The minimum atomic E-state index is -3.45. The number of alkyl halides is 1. The first-order valence-electron chi connectivity index (χ1n) is 6.63. The molecule has 2 amide bonds. The zero-order chi connectivity index (χ0) is 15.5. The summed E-state index contributed by atoms with van der Waals surface area (Å²) in [5, 5.41) is 2.70. The van der Waals surface area contributed by atoms with Crippen LogP contribution in [0.25, 0.3) is 0 Å². The van der Waals surface area contributed by atoms with Gasteiger partial charge in [-0.3, -0.25) is 9.62 Å². The van der Waals surface area contributed by atoms with Crippen LogP contribution in [0.2, 0.25) is 0 Å². The monoisotopic (exact) mass is 331 g/mol. The Balaban J connectivity index is 2.12. The molecule has 2 N–H and O–H groups in total. The number of sulfonamides is 1. The molecule has 0 aliphatic carbocycles.